The highest BCUT2D eigenvalue weighted by molar-refractivity contribution is 6.34. The van der Waals surface area contributed by atoms with Crippen LogP contribution in [0.15, 0.2) is 67.1 Å². The summed E-state index contributed by atoms with van der Waals surface area (Å²) in [5.41, 5.74) is 1.29. The highest BCUT2D eigenvalue weighted by Gasteiger charge is 2.35. The summed E-state index contributed by atoms with van der Waals surface area (Å²) in [6.07, 6.45) is 5.92. The normalized spacial score (nSPS) is 15.6. The van der Waals surface area contributed by atoms with E-state index in [9.17, 15) is 19.2 Å². The number of nitrogens with zero attached hydrogens (tertiary/aromatic N) is 8. The molecule has 0 spiro atoms. The Balaban J connectivity index is 0.974. The van der Waals surface area contributed by atoms with Crippen LogP contribution in [0.4, 0.5) is 20.3 Å². The lowest BCUT2D eigenvalue weighted by molar-refractivity contribution is -0.895. The van der Waals surface area contributed by atoms with Gasteiger partial charge in [-0.25, -0.2) is 18.7 Å². The van der Waals surface area contributed by atoms with Crippen molar-refractivity contribution in [2.75, 3.05) is 64.0 Å². The predicted molar refractivity (Wildman–Crippen MR) is 214 cm³/mol. The van der Waals surface area contributed by atoms with Crippen LogP contribution in [0.2, 0.25) is 5.02 Å². The Morgan fingerprint density at radius 3 is 2.24 bits per heavy atom. The number of carbonyl (C=O) groups is 4. The van der Waals surface area contributed by atoms with E-state index in [4.69, 9.17) is 11.6 Å². The first-order chi connectivity index (χ1) is 27.7. The number of hydrogen-bond acceptors (Lipinski definition) is 7. The average Bonchev–Trinajstić information content (AvgIpc) is 3.76. The molecule has 302 valence electrons. The van der Waals surface area contributed by atoms with E-state index in [1.54, 1.807) is 42.3 Å². The first-order valence-electron chi connectivity index (χ1n) is 19.0. The van der Waals surface area contributed by atoms with Gasteiger partial charge in [0.25, 0.3) is 11.8 Å². The van der Waals surface area contributed by atoms with Gasteiger partial charge in [0, 0.05) is 86.3 Å². The minimum absolute atomic E-state index is 0.0270. The fourth-order valence-corrected chi connectivity index (χ4v) is 7.74. The van der Waals surface area contributed by atoms with Gasteiger partial charge in [0.1, 0.15) is 12.4 Å². The largest absolute Gasteiger partial charge is 0.339 e. The smallest absolute Gasteiger partial charge is 0.291 e. The van der Waals surface area contributed by atoms with Crippen molar-refractivity contribution in [1.82, 2.24) is 34.1 Å². The number of amides is 4. The summed E-state index contributed by atoms with van der Waals surface area (Å²) in [4.78, 5) is 64.3. The van der Waals surface area contributed by atoms with Crippen molar-refractivity contribution >= 4 is 46.7 Å². The van der Waals surface area contributed by atoms with Gasteiger partial charge in [0.2, 0.25) is 11.8 Å². The summed E-state index contributed by atoms with van der Waals surface area (Å²) in [5, 5.41) is 9.72. The number of nitrogens with one attached hydrogen (secondary N) is 2. The Morgan fingerprint density at radius 1 is 0.862 bits per heavy atom. The molecule has 4 amide bonds. The maximum atomic E-state index is 15.7. The number of aromatic nitrogens is 5. The number of rotatable bonds is 9. The van der Waals surface area contributed by atoms with Crippen LogP contribution in [-0.2, 0) is 23.2 Å². The average molecular weight is 814 g/mol. The number of imidazole rings is 1. The third-order valence-corrected chi connectivity index (χ3v) is 11.3. The summed E-state index contributed by atoms with van der Waals surface area (Å²) in [5.74, 6) is -3.10. The molecule has 2 aliphatic heterocycles. The Kier molecular flexibility index (Phi) is 11.4. The van der Waals surface area contributed by atoms with Crippen LogP contribution >= 0.6 is 11.6 Å². The summed E-state index contributed by atoms with van der Waals surface area (Å²) in [6.45, 7) is 5.11. The standard InChI is InChI=1S/C41H43ClF2N10O4/c1-25-31(22-47-53(25)24-35(55)49-34-7-5-6-14-45-34)28-10-11-30(37(44)36(28)43)33-23-46-38(50(33)2)39(56)48-27-8-9-29(32(42)21-27)41(58)52-17-15-51(16-18-52)40(57)26-12-19-54(3,4)20-13-26/h5-11,14,21-23,26H,12-13,15-20,24H2,1-4H3,(H-,45,48,49,55,56,58)/p+1. The van der Waals surface area contributed by atoms with E-state index < -0.39 is 23.4 Å². The second-order valence-electron chi connectivity index (χ2n) is 15.3. The minimum atomic E-state index is -1.15. The molecule has 0 atom stereocenters. The van der Waals surface area contributed by atoms with Gasteiger partial charge in [-0.3, -0.25) is 23.9 Å². The quantitative estimate of drug-likeness (QED) is 0.194. The van der Waals surface area contributed by atoms with E-state index in [2.05, 4.69) is 39.8 Å². The molecule has 5 aromatic rings. The van der Waals surface area contributed by atoms with Crippen LogP contribution in [0.5, 0.6) is 0 Å². The number of piperazine rings is 1. The van der Waals surface area contributed by atoms with E-state index in [1.165, 1.54) is 53.0 Å². The first kappa shape index (κ1) is 40.2. The molecule has 2 fully saturated rings. The van der Waals surface area contributed by atoms with Gasteiger partial charge in [-0.05, 0) is 43.3 Å². The van der Waals surface area contributed by atoms with Gasteiger partial charge in [-0.1, -0.05) is 23.7 Å². The van der Waals surface area contributed by atoms with Crippen molar-refractivity contribution < 1.29 is 32.4 Å². The Bertz CT molecular complexity index is 2380. The van der Waals surface area contributed by atoms with Crippen molar-refractivity contribution in [3.63, 3.8) is 0 Å². The molecule has 0 unspecified atom stereocenters. The van der Waals surface area contributed by atoms with Gasteiger partial charge in [0.15, 0.2) is 17.5 Å². The van der Waals surface area contributed by atoms with E-state index in [1.807, 2.05) is 4.90 Å². The van der Waals surface area contributed by atoms with Gasteiger partial charge < -0.3 is 29.5 Å². The molecule has 7 rings (SSSR count). The monoisotopic (exact) mass is 813 g/mol. The molecule has 0 saturated carbocycles. The molecule has 0 radical (unpaired) electrons. The maximum absolute atomic E-state index is 15.7. The van der Waals surface area contributed by atoms with Gasteiger partial charge in [-0.2, -0.15) is 5.10 Å². The lowest BCUT2D eigenvalue weighted by Gasteiger charge is -2.40. The molecule has 2 saturated heterocycles. The van der Waals surface area contributed by atoms with Gasteiger partial charge in [-0.15, -0.1) is 0 Å². The number of benzene rings is 2. The number of likely N-dealkylation sites (tertiary alicyclic amines) is 1. The Morgan fingerprint density at radius 2 is 1.55 bits per heavy atom. The fraction of sp³-hybridized carbons (Fsp3) is 0.341. The molecular weight excluding hydrogens is 770 g/mol. The molecule has 0 bridgehead atoms. The highest BCUT2D eigenvalue weighted by Crippen LogP contribution is 2.33. The van der Waals surface area contributed by atoms with Crippen LogP contribution in [0.25, 0.3) is 22.4 Å². The summed E-state index contributed by atoms with van der Waals surface area (Å²) >= 11 is 6.56. The molecule has 2 N–H and O–H groups in total. The molecular formula is C41H44ClF2N10O4+. The third kappa shape index (κ3) is 8.34. The number of halogens is 3. The van der Waals surface area contributed by atoms with E-state index in [0.29, 0.717) is 48.9 Å². The number of hydrogen-bond donors (Lipinski definition) is 2. The van der Waals surface area contributed by atoms with Crippen LogP contribution in [0.3, 0.4) is 0 Å². The number of piperidine rings is 1. The summed E-state index contributed by atoms with van der Waals surface area (Å²) in [7, 11) is 5.87. The molecule has 58 heavy (non-hydrogen) atoms. The summed E-state index contributed by atoms with van der Waals surface area (Å²) < 4.78 is 35.0. The number of pyridine rings is 1. The lowest BCUT2D eigenvalue weighted by Crippen LogP contribution is -2.54. The highest BCUT2D eigenvalue weighted by atomic mass is 35.5. The fourth-order valence-electron chi connectivity index (χ4n) is 7.48. The van der Waals surface area contributed by atoms with Gasteiger partial charge >= 0.3 is 0 Å². The van der Waals surface area contributed by atoms with Crippen molar-refractivity contribution in [3.8, 4) is 22.4 Å². The second-order valence-corrected chi connectivity index (χ2v) is 15.7. The summed E-state index contributed by atoms with van der Waals surface area (Å²) in [6, 6.07) is 12.4. The zero-order valence-corrected chi connectivity index (χ0v) is 33.4. The van der Waals surface area contributed by atoms with Crippen LogP contribution in [-0.4, -0.2) is 116 Å². The maximum Gasteiger partial charge on any atom is 0.291 e. The van der Waals surface area contributed by atoms with Crippen molar-refractivity contribution in [2.24, 2.45) is 13.0 Å². The topological polar surface area (TPSA) is 147 Å². The number of quaternary nitrogens is 1. The van der Waals surface area contributed by atoms with E-state index in [-0.39, 0.29) is 57.5 Å². The number of anilines is 2. The molecule has 2 aromatic carbocycles. The zero-order valence-electron chi connectivity index (χ0n) is 32.6. The van der Waals surface area contributed by atoms with E-state index >= 15 is 8.78 Å². The Labute approximate surface area is 339 Å². The van der Waals surface area contributed by atoms with Crippen LogP contribution in [0.1, 0.15) is 39.5 Å². The molecule has 3 aromatic heterocycles. The van der Waals surface area contributed by atoms with Crippen molar-refractivity contribution in [2.45, 2.75) is 26.3 Å². The lowest BCUT2D eigenvalue weighted by atomic mass is 9.94. The molecule has 14 nitrogen and oxygen atoms in total. The minimum Gasteiger partial charge on any atom is -0.339 e. The van der Waals surface area contributed by atoms with E-state index in [0.717, 1.165) is 30.4 Å². The molecule has 17 heteroatoms. The molecule has 5 heterocycles. The predicted octanol–water partition coefficient (Wildman–Crippen LogP) is 5.25. The SMILES string of the molecule is Cc1c(-c2ccc(-c3cnc(C(=O)Nc4ccc(C(=O)N5CCN(C(=O)C6CC[N+](C)(C)CC6)CC5)c(Cl)c4)n3C)c(F)c2F)cnn1CC(=O)Nc1ccccn1. The third-order valence-electron chi connectivity index (χ3n) is 11.0. The second kappa shape index (κ2) is 16.5. The van der Waals surface area contributed by atoms with Crippen LogP contribution in [0, 0.1) is 24.5 Å². The van der Waals surface area contributed by atoms with Crippen molar-refractivity contribution in [3.05, 3.63) is 101 Å². The van der Waals surface area contributed by atoms with Crippen LogP contribution < -0.4 is 10.6 Å². The Hall–Kier alpha value is -6.00. The molecule has 2 aliphatic rings. The molecule has 0 aliphatic carbocycles. The zero-order chi connectivity index (χ0) is 41.3. The number of carbonyl (C=O) groups excluding carboxylic acids is 4. The van der Waals surface area contributed by atoms with Crippen molar-refractivity contribution in [1.29, 1.82) is 0 Å². The first-order valence-corrected chi connectivity index (χ1v) is 19.3. The van der Waals surface area contributed by atoms with Gasteiger partial charge in [0.05, 0.1) is 55.9 Å².